The molecule has 0 fully saturated rings. The van der Waals surface area contributed by atoms with E-state index in [0.717, 1.165) is 36.6 Å². The van der Waals surface area contributed by atoms with Crippen molar-refractivity contribution in [2.75, 3.05) is 27.5 Å². The molecule has 4 heteroatoms. The number of fused-ring (bicyclic) bond motifs is 4. The number of ether oxygens (including phenoxy) is 3. The molecule has 2 aliphatic heterocycles. The number of hydrogen-bond acceptors (Lipinski definition) is 4. The molecular formula is C19H19NO3. The summed E-state index contributed by atoms with van der Waals surface area (Å²) in [5.41, 5.74) is 6.66. The van der Waals surface area contributed by atoms with Gasteiger partial charge in [0.25, 0.3) is 0 Å². The second kappa shape index (κ2) is 4.65. The molecular weight excluding hydrogens is 290 g/mol. The molecule has 0 amide bonds. The molecule has 3 aliphatic rings. The summed E-state index contributed by atoms with van der Waals surface area (Å²) in [5.74, 6) is 2.72. The minimum atomic E-state index is 0.317. The van der Waals surface area contributed by atoms with Crippen LogP contribution in [0.4, 0.5) is 0 Å². The minimum Gasteiger partial charge on any atom is -0.497 e. The van der Waals surface area contributed by atoms with Gasteiger partial charge in [0, 0.05) is 18.2 Å². The lowest BCUT2D eigenvalue weighted by molar-refractivity contribution is 0.174. The van der Waals surface area contributed by atoms with Gasteiger partial charge in [-0.25, -0.2) is 0 Å². The summed E-state index contributed by atoms with van der Waals surface area (Å²) in [5, 5.41) is 0. The van der Waals surface area contributed by atoms with Crippen molar-refractivity contribution < 1.29 is 14.2 Å². The van der Waals surface area contributed by atoms with Gasteiger partial charge in [-0.2, -0.15) is 0 Å². The maximum absolute atomic E-state index is 5.85. The van der Waals surface area contributed by atoms with Crippen LogP contribution >= 0.6 is 0 Å². The first-order chi connectivity index (χ1) is 11.3. The average Bonchev–Trinajstić information content (AvgIpc) is 3.05. The highest BCUT2D eigenvalue weighted by Crippen LogP contribution is 2.53. The Morgan fingerprint density at radius 3 is 2.96 bits per heavy atom. The van der Waals surface area contributed by atoms with E-state index in [9.17, 15) is 0 Å². The summed E-state index contributed by atoms with van der Waals surface area (Å²) in [6, 6.07) is 8.96. The van der Waals surface area contributed by atoms with E-state index < -0.39 is 0 Å². The molecule has 0 saturated carbocycles. The summed E-state index contributed by atoms with van der Waals surface area (Å²) in [4.78, 5) is 2.45. The van der Waals surface area contributed by atoms with Gasteiger partial charge in [0.15, 0.2) is 11.5 Å². The summed E-state index contributed by atoms with van der Waals surface area (Å²) in [6.07, 6.45) is 2.08. The second-order valence-corrected chi connectivity index (χ2v) is 6.53. The standard InChI is InChI=1S/C19H19NO3/c1-20-6-5-11-9-16-19(23-10-22-16)18-14-4-3-13(21-2)7-12(14)8-15(20)17(11)18/h3-4,7,9,15H,5-6,8,10H2,1-2H3/t15-/m0/s1. The first-order valence-corrected chi connectivity index (χ1v) is 8.09. The summed E-state index contributed by atoms with van der Waals surface area (Å²) >= 11 is 0. The van der Waals surface area contributed by atoms with Crippen LogP contribution in [0.2, 0.25) is 0 Å². The zero-order valence-corrected chi connectivity index (χ0v) is 13.4. The minimum absolute atomic E-state index is 0.317. The lowest BCUT2D eigenvalue weighted by Crippen LogP contribution is -2.35. The zero-order chi connectivity index (χ0) is 15.6. The molecule has 0 aromatic heterocycles. The van der Waals surface area contributed by atoms with Gasteiger partial charge in [0.05, 0.1) is 7.11 Å². The average molecular weight is 309 g/mol. The fourth-order valence-electron chi connectivity index (χ4n) is 4.21. The predicted octanol–water partition coefficient (Wildman–Crippen LogP) is 3.18. The van der Waals surface area contributed by atoms with E-state index in [1.165, 1.54) is 27.8 Å². The van der Waals surface area contributed by atoms with Crippen LogP contribution in [0.15, 0.2) is 24.3 Å². The van der Waals surface area contributed by atoms with Gasteiger partial charge in [-0.1, -0.05) is 6.07 Å². The third-order valence-electron chi connectivity index (χ3n) is 5.38. The molecule has 4 nitrogen and oxygen atoms in total. The molecule has 0 spiro atoms. The summed E-state index contributed by atoms with van der Waals surface area (Å²) in [7, 11) is 3.94. The third kappa shape index (κ3) is 1.75. The number of benzene rings is 2. The molecule has 2 aromatic carbocycles. The SMILES string of the molecule is COc1ccc2c(c1)C[C@H]1c3c(cc4c(c3-2)OCO4)CCN1C. The lowest BCUT2D eigenvalue weighted by atomic mass is 9.76. The van der Waals surface area contributed by atoms with Crippen LogP contribution in [0.3, 0.4) is 0 Å². The Hall–Kier alpha value is -2.20. The molecule has 0 N–H and O–H groups in total. The van der Waals surface area contributed by atoms with Crippen LogP contribution in [0.5, 0.6) is 17.2 Å². The van der Waals surface area contributed by atoms with Crippen molar-refractivity contribution in [3.8, 4) is 28.4 Å². The van der Waals surface area contributed by atoms with Crippen molar-refractivity contribution in [2.24, 2.45) is 0 Å². The molecule has 2 heterocycles. The topological polar surface area (TPSA) is 30.9 Å². The van der Waals surface area contributed by atoms with E-state index in [4.69, 9.17) is 14.2 Å². The Morgan fingerprint density at radius 2 is 2.09 bits per heavy atom. The van der Waals surface area contributed by atoms with Gasteiger partial charge >= 0.3 is 0 Å². The van der Waals surface area contributed by atoms with Crippen molar-refractivity contribution in [2.45, 2.75) is 18.9 Å². The Balaban J connectivity index is 1.83. The first kappa shape index (κ1) is 13.3. The van der Waals surface area contributed by atoms with Crippen molar-refractivity contribution in [1.29, 1.82) is 0 Å². The van der Waals surface area contributed by atoms with E-state index in [1.54, 1.807) is 7.11 Å². The number of hydrogen-bond donors (Lipinski definition) is 0. The smallest absolute Gasteiger partial charge is 0.231 e. The Bertz CT molecular complexity index is 815. The van der Waals surface area contributed by atoms with Crippen molar-refractivity contribution in [3.05, 3.63) is 41.0 Å². The largest absolute Gasteiger partial charge is 0.497 e. The van der Waals surface area contributed by atoms with Crippen LogP contribution in [-0.4, -0.2) is 32.4 Å². The maximum atomic E-state index is 5.85. The zero-order valence-electron chi connectivity index (χ0n) is 13.4. The lowest BCUT2D eigenvalue weighted by Gasteiger charge is -2.40. The van der Waals surface area contributed by atoms with Crippen LogP contribution in [-0.2, 0) is 12.8 Å². The molecule has 23 heavy (non-hydrogen) atoms. The van der Waals surface area contributed by atoms with Crippen molar-refractivity contribution in [1.82, 2.24) is 4.90 Å². The second-order valence-electron chi connectivity index (χ2n) is 6.53. The molecule has 0 unspecified atom stereocenters. The van der Waals surface area contributed by atoms with Gasteiger partial charge in [-0.15, -0.1) is 0 Å². The molecule has 1 aliphatic carbocycles. The Morgan fingerprint density at radius 1 is 1.17 bits per heavy atom. The molecule has 0 bridgehead atoms. The van der Waals surface area contributed by atoms with E-state index in [1.807, 2.05) is 6.07 Å². The molecule has 2 aromatic rings. The normalized spacial score (nSPS) is 20.9. The highest BCUT2D eigenvalue weighted by atomic mass is 16.7. The fraction of sp³-hybridized carbons (Fsp3) is 0.368. The molecule has 0 radical (unpaired) electrons. The fourth-order valence-corrected chi connectivity index (χ4v) is 4.21. The highest BCUT2D eigenvalue weighted by Gasteiger charge is 2.37. The number of methoxy groups -OCH3 is 1. The number of rotatable bonds is 1. The van der Waals surface area contributed by atoms with E-state index in [2.05, 4.69) is 30.1 Å². The van der Waals surface area contributed by atoms with Gasteiger partial charge < -0.3 is 14.2 Å². The monoisotopic (exact) mass is 309 g/mol. The highest BCUT2D eigenvalue weighted by molar-refractivity contribution is 5.84. The van der Waals surface area contributed by atoms with Gasteiger partial charge in [-0.3, -0.25) is 4.90 Å². The van der Waals surface area contributed by atoms with Crippen LogP contribution in [0.1, 0.15) is 22.7 Å². The van der Waals surface area contributed by atoms with E-state index in [0.29, 0.717) is 12.8 Å². The predicted molar refractivity (Wildman–Crippen MR) is 87.3 cm³/mol. The molecule has 1 atom stereocenters. The van der Waals surface area contributed by atoms with Crippen LogP contribution in [0, 0.1) is 0 Å². The van der Waals surface area contributed by atoms with Crippen molar-refractivity contribution >= 4 is 0 Å². The summed E-state index contributed by atoms with van der Waals surface area (Å²) in [6.45, 7) is 1.40. The van der Waals surface area contributed by atoms with Gasteiger partial charge in [0.1, 0.15) is 5.75 Å². The van der Waals surface area contributed by atoms with E-state index >= 15 is 0 Å². The molecule has 5 rings (SSSR count). The number of nitrogens with zero attached hydrogens (tertiary/aromatic N) is 1. The summed E-state index contributed by atoms with van der Waals surface area (Å²) < 4.78 is 17.0. The quantitative estimate of drug-likeness (QED) is 0.809. The maximum Gasteiger partial charge on any atom is 0.231 e. The molecule has 118 valence electrons. The Labute approximate surface area is 135 Å². The van der Waals surface area contributed by atoms with Crippen LogP contribution < -0.4 is 14.2 Å². The van der Waals surface area contributed by atoms with E-state index in [-0.39, 0.29) is 0 Å². The Kier molecular flexibility index (Phi) is 2.68. The number of likely N-dealkylation sites (N-methyl/N-ethyl adjacent to an activating group) is 1. The first-order valence-electron chi connectivity index (χ1n) is 8.09. The van der Waals surface area contributed by atoms with Crippen molar-refractivity contribution in [3.63, 3.8) is 0 Å². The molecule has 0 saturated heterocycles. The van der Waals surface area contributed by atoms with Gasteiger partial charge in [-0.05, 0) is 60.3 Å². The van der Waals surface area contributed by atoms with Crippen LogP contribution in [0.25, 0.3) is 11.1 Å². The third-order valence-corrected chi connectivity index (χ3v) is 5.38. The van der Waals surface area contributed by atoms with Gasteiger partial charge in [0.2, 0.25) is 6.79 Å².